The molecule has 1 aromatic carbocycles. The summed E-state index contributed by atoms with van der Waals surface area (Å²) in [6.45, 7) is 6.27. The molecule has 0 saturated heterocycles. The van der Waals surface area contributed by atoms with Gasteiger partial charge in [-0.2, -0.15) is 5.26 Å². The van der Waals surface area contributed by atoms with Crippen LogP contribution in [0.2, 0.25) is 0 Å². The number of nitrogens with zero attached hydrogens (tertiary/aromatic N) is 1. The summed E-state index contributed by atoms with van der Waals surface area (Å²) >= 11 is 0. The van der Waals surface area contributed by atoms with Gasteiger partial charge < -0.3 is 0 Å². The molecule has 1 heteroatoms. The van der Waals surface area contributed by atoms with Crippen LogP contribution >= 0.6 is 0 Å². The van der Waals surface area contributed by atoms with Crippen LogP contribution in [0.4, 0.5) is 0 Å². The fourth-order valence-corrected chi connectivity index (χ4v) is 1.41. The maximum absolute atomic E-state index is 9.07. The van der Waals surface area contributed by atoms with Gasteiger partial charge in [0.25, 0.3) is 0 Å². The summed E-state index contributed by atoms with van der Waals surface area (Å²) in [5.74, 6) is -0.0197. The average molecular weight is 173 g/mol. The van der Waals surface area contributed by atoms with Crippen molar-refractivity contribution < 1.29 is 0 Å². The second-order valence-corrected chi connectivity index (χ2v) is 4.34. The van der Waals surface area contributed by atoms with Crippen LogP contribution in [0.3, 0.4) is 0 Å². The molecule has 1 rings (SSSR count). The first-order valence-corrected chi connectivity index (χ1v) is 4.50. The van der Waals surface area contributed by atoms with Gasteiger partial charge in [0.2, 0.25) is 0 Å². The van der Waals surface area contributed by atoms with Crippen LogP contribution in [0.25, 0.3) is 0 Å². The molecule has 1 aromatic rings. The minimum atomic E-state index is -0.0197. The lowest BCUT2D eigenvalue weighted by Gasteiger charge is -2.24. The summed E-state index contributed by atoms with van der Waals surface area (Å²) in [6.07, 6.45) is 0. The van der Waals surface area contributed by atoms with Gasteiger partial charge in [0.15, 0.2) is 0 Å². The number of benzene rings is 1. The second kappa shape index (κ2) is 3.62. The average Bonchev–Trinajstić information content (AvgIpc) is 2.05. The monoisotopic (exact) mass is 173 g/mol. The van der Waals surface area contributed by atoms with Gasteiger partial charge >= 0.3 is 0 Å². The smallest absolute Gasteiger partial charge is 0.0761 e. The Morgan fingerprint density at radius 2 is 1.69 bits per heavy atom. The highest BCUT2D eigenvalue weighted by molar-refractivity contribution is 5.26. The third kappa shape index (κ3) is 2.32. The van der Waals surface area contributed by atoms with E-state index in [0.717, 1.165) is 5.56 Å². The molecule has 0 aliphatic rings. The van der Waals surface area contributed by atoms with Crippen molar-refractivity contribution in [1.29, 1.82) is 5.26 Å². The van der Waals surface area contributed by atoms with E-state index in [1.165, 1.54) is 0 Å². The fourth-order valence-electron chi connectivity index (χ4n) is 1.41. The molecule has 0 saturated carbocycles. The Balaban J connectivity index is 3.01. The van der Waals surface area contributed by atoms with Crippen molar-refractivity contribution in [2.75, 3.05) is 0 Å². The van der Waals surface area contributed by atoms with Crippen molar-refractivity contribution >= 4 is 0 Å². The van der Waals surface area contributed by atoms with Crippen molar-refractivity contribution in [1.82, 2.24) is 0 Å². The number of rotatable bonds is 1. The molecule has 0 bridgehead atoms. The van der Waals surface area contributed by atoms with E-state index in [1.54, 1.807) is 0 Å². The summed E-state index contributed by atoms with van der Waals surface area (Å²) in [6, 6.07) is 12.3. The largest absolute Gasteiger partial charge is 0.198 e. The van der Waals surface area contributed by atoms with Gasteiger partial charge in [-0.1, -0.05) is 51.1 Å². The third-order valence-electron chi connectivity index (χ3n) is 2.13. The van der Waals surface area contributed by atoms with Crippen LogP contribution < -0.4 is 0 Å². The Bertz CT molecular complexity index is 300. The second-order valence-electron chi connectivity index (χ2n) is 4.34. The third-order valence-corrected chi connectivity index (χ3v) is 2.13. The standard InChI is InChI=1S/C12H15N/c1-12(2,3)11(9-13)10-7-5-4-6-8-10/h4-8,11H,1-3H3. The van der Waals surface area contributed by atoms with Crippen LogP contribution in [-0.4, -0.2) is 0 Å². The van der Waals surface area contributed by atoms with Crippen LogP contribution in [0.5, 0.6) is 0 Å². The van der Waals surface area contributed by atoms with E-state index in [0.29, 0.717) is 0 Å². The normalized spacial score (nSPS) is 13.4. The van der Waals surface area contributed by atoms with Gasteiger partial charge in [-0.15, -0.1) is 0 Å². The minimum Gasteiger partial charge on any atom is -0.198 e. The van der Waals surface area contributed by atoms with Crippen LogP contribution in [0.15, 0.2) is 30.3 Å². The fraction of sp³-hybridized carbons (Fsp3) is 0.417. The molecule has 0 amide bonds. The van der Waals surface area contributed by atoms with Crippen LogP contribution in [0, 0.1) is 16.7 Å². The quantitative estimate of drug-likeness (QED) is 0.639. The maximum Gasteiger partial charge on any atom is 0.0761 e. The van der Waals surface area contributed by atoms with Gasteiger partial charge in [0.1, 0.15) is 0 Å². The number of nitriles is 1. The van der Waals surface area contributed by atoms with E-state index in [-0.39, 0.29) is 11.3 Å². The molecular weight excluding hydrogens is 158 g/mol. The molecular formula is C12H15N. The Hall–Kier alpha value is -1.29. The maximum atomic E-state index is 9.07. The number of hydrogen-bond acceptors (Lipinski definition) is 1. The molecule has 1 unspecified atom stereocenters. The van der Waals surface area contributed by atoms with Gasteiger partial charge in [-0.3, -0.25) is 0 Å². The van der Waals surface area contributed by atoms with Gasteiger partial charge in [-0.25, -0.2) is 0 Å². The highest BCUT2D eigenvalue weighted by Gasteiger charge is 2.25. The SMILES string of the molecule is CC(C)(C)C(C#N)c1ccccc1. The van der Waals surface area contributed by atoms with Crippen molar-refractivity contribution in [2.24, 2.45) is 5.41 Å². The first-order valence-electron chi connectivity index (χ1n) is 4.50. The van der Waals surface area contributed by atoms with E-state index in [9.17, 15) is 0 Å². The van der Waals surface area contributed by atoms with E-state index in [2.05, 4.69) is 26.8 Å². The Morgan fingerprint density at radius 3 is 2.08 bits per heavy atom. The van der Waals surface area contributed by atoms with E-state index in [4.69, 9.17) is 5.26 Å². The van der Waals surface area contributed by atoms with Crippen molar-refractivity contribution in [2.45, 2.75) is 26.7 Å². The predicted octanol–water partition coefficient (Wildman–Crippen LogP) is 3.34. The van der Waals surface area contributed by atoms with E-state index in [1.807, 2.05) is 30.3 Å². The Kier molecular flexibility index (Phi) is 2.72. The van der Waals surface area contributed by atoms with Crippen molar-refractivity contribution in [3.05, 3.63) is 35.9 Å². The molecule has 68 valence electrons. The molecule has 0 N–H and O–H groups in total. The zero-order valence-corrected chi connectivity index (χ0v) is 8.41. The Morgan fingerprint density at radius 1 is 1.15 bits per heavy atom. The van der Waals surface area contributed by atoms with Crippen LogP contribution in [-0.2, 0) is 0 Å². The number of hydrogen-bond donors (Lipinski definition) is 0. The summed E-state index contributed by atoms with van der Waals surface area (Å²) in [7, 11) is 0. The first-order chi connectivity index (χ1) is 6.05. The molecule has 1 atom stereocenters. The lowest BCUT2D eigenvalue weighted by molar-refractivity contribution is 0.373. The Labute approximate surface area is 80.0 Å². The predicted molar refractivity (Wildman–Crippen MR) is 54.3 cm³/mol. The molecule has 0 fully saturated rings. The summed E-state index contributed by atoms with van der Waals surface area (Å²) < 4.78 is 0. The summed E-state index contributed by atoms with van der Waals surface area (Å²) in [5, 5.41) is 9.07. The zero-order chi connectivity index (χ0) is 9.90. The zero-order valence-electron chi connectivity index (χ0n) is 8.41. The molecule has 1 nitrogen and oxygen atoms in total. The molecule has 0 aliphatic heterocycles. The molecule has 0 aliphatic carbocycles. The summed E-state index contributed by atoms with van der Waals surface area (Å²) in [4.78, 5) is 0. The van der Waals surface area contributed by atoms with Crippen LogP contribution in [0.1, 0.15) is 32.3 Å². The molecule has 0 heterocycles. The van der Waals surface area contributed by atoms with Crippen molar-refractivity contribution in [3.8, 4) is 6.07 Å². The molecule has 0 spiro atoms. The minimum absolute atomic E-state index is 0.0100. The summed E-state index contributed by atoms with van der Waals surface area (Å²) in [5.41, 5.74) is 1.12. The highest BCUT2D eigenvalue weighted by Crippen LogP contribution is 2.33. The molecule has 0 radical (unpaired) electrons. The van der Waals surface area contributed by atoms with Gasteiger partial charge in [-0.05, 0) is 11.0 Å². The highest BCUT2D eigenvalue weighted by atomic mass is 14.3. The first kappa shape index (κ1) is 9.80. The molecule has 13 heavy (non-hydrogen) atoms. The van der Waals surface area contributed by atoms with Gasteiger partial charge in [0.05, 0.1) is 12.0 Å². The van der Waals surface area contributed by atoms with Gasteiger partial charge in [0, 0.05) is 0 Å². The van der Waals surface area contributed by atoms with Crippen molar-refractivity contribution in [3.63, 3.8) is 0 Å². The lowest BCUT2D eigenvalue weighted by Crippen LogP contribution is -2.16. The molecule has 0 aromatic heterocycles. The topological polar surface area (TPSA) is 23.8 Å². The van der Waals surface area contributed by atoms with E-state index >= 15 is 0 Å². The van der Waals surface area contributed by atoms with E-state index < -0.39 is 0 Å². The lowest BCUT2D eigenvalue weighted by atomic mass is 9.77.